The van der Waals surface area contributed by atoms with Crippen molar-refractivity contribution in [3.8, 4) is 5.75 Å². The van der Waals surface area contributed by atoms with Crippen LogP contribution in [0.15, 0.2) is 46.9 Å². The molecular formula is C14H14BBrO2. The Morgan fingerprint density at radius 1 is 1.00 bits per heavy atom. The van der Waals surface area contributed by atoms with Gasteiger partial charge in [0.25, 0.3) is 0 Å². The van der Waals surface area contributed by atoms with E-state index in [0.717, 1.165) is 21.1 Å². The molecule has 18 heavy (non-hydrogen) atoms. The van der Waals surface area contributed by atoms with Crippen LogP contribution in [-0.2, 0) is 0 Å². The molecular weight excluding hydrogens is 291 g/mol. The summed E-state index contributed by atoms with van der Waals surface area (Å²) < 4.78 is 6.64. The van der Waals surface area contributed by atoms with Crippen LogP contribution in [0.25, 0.3) is 0 Å². The van der Waals surface area contributed by atoms with E-state index in [1.54, 1.807) is 0 Å². The maximum Gasteiger partial charge on any atom is 0.560 e. The first-order valence-electron chi connectivity index (χ1n) is 5.75. The van der Waals surface area contributed by atoms with Gasteiger partial charge in [-0.25, -0.2) is 0 Å². The van der Waals surface area contributed by atoms with Crippen molar-refractivity contribution in [2.24, 2.45) is 0 Å². The van der Waals surface area contributed by atoms with Crippen LogP contribution in [-0.4, -0.2) is 12.1 Å². The van der Waals surface area contributed by atoms with Gasteiger partial charge in [-0.15, -0.1) is 0 Å². The average Bonchev–Trinajstić information content (AvgIpc) is 2.40. The second-order valence-electron chi connectivity index (χ2n) is 4.18. The van der Waals surface area contributed by atoms with Crippen molar-refractivity contribution >= 4 is 28.5 Å². The summed E-state index contributed by atoms with van der Waals surface area (Å²) in [5.41, 5.74) is 2.89. The Morgan fingerprint density at radius 2 is 1.67 bits per heavy atom. The minimum absolute atomic E-state index is 0.701. The normalized spacial score (nSPS) is 10.2. The minimum Gasteiger partial charge on any atom is -0.532 e. The van der Waals surface area contributed by atoms with Crippen molar-refractivity contribution in [2.45, 2.75) is 13.8 Å². The van der Waals surface area contributed by atoms with Crippen molar-refractivity contribution in [2.75, 3.05) is 0 Å². The van der Waals surface area contributed by atoms with Gasteiger partial charge >= 0.3 is 7.12 Å². The fourth-order valence-corrected chi connectivity index (χ4v) is 2.13. The van der Waals surface area contributed by atoms with Gasteiger partial charge in [0, 0.05) is 4.47 Å². The molecule has 2 nitrogen and oxygen atoms in total. The minimum atomic E-state index is -0.939. The molecule has 92 valence electrons. The lowest BCUT2D eigenvalue weighted by Crippen LogP contribution is -2.36. The predicted molar refractivity (Wildman–Crippen MR) is 78.3 cm³/mol. The van der Waals surface area contributed by atoms with Crippen molar-refractivity contribution in [3.63, 3.8) is 0 Å². The molecule has 0 saturated carbocycles. The van der Waals surface area contributed by atoms with Crippen LogP contribution >= 0.6 is 15.9 Å². The highest BCUT2D eigenvalue weighted by Gasteiger charge is 2.19. The van der Waals surface area contributed by atoms with Crippen LogP contribution in [0.2, 0.25) is 0 Å². The van der Waals surface area contributed by atoms with Gasteiger partial charge in [-0.3, -0.25) is 0 Å². The molecule has 0 radical (unpaired) electrons. The second-order valence-corrected chi connectivity index (χ2v) is 5.03. The Kier molecular flexibility index (Phi) is 4.09. The summed E-state index contributed by atoms with van der Waals surface area (Å²) in [5, 5.41) is 10.0. The summed E-state index contributed by atoms with van der Waals surface area (Å²) in [6, 6.07) is 13.1. The SMILES string of the molecule is Cc1c(Br)ccc(OB(O)c2ccccc2)c1C. The standard InChI is InChI=1S/C14H14BBrO2/c1-10-11(2)14(9-8-13(10)16)18-15(17)12-6-4-3-5-7-12/h3-9,17H,1-2H3. The van der Waals surface area contributed by atoms with Crippen LogP contribution in [0.5, 0.6) is 5.75 Å². The molecule has 0 aliphatic rings. The zero-order chi connectivity index (χ0) is 13.1. The van der Waals surface area contributed by atoms with Gasteiger partial charge in [0.2, 0.25) is 0 Å². The number of hydrogen-bond acceptors (Lipinski definition) is 2. The monoisotopic (exact) mass is 304 g/mol. The quantitative estimate of drug-likeness (QED) is 0.884. The third kappa shape index (κ3) is 2.76. The van der Waals surface area contributed by atoms with Crippen molar-refractivity contribution < 1.29 is 9.68 Å². The summed E-state index contributed by atoms with van der Waals surface area (Å²) in [6.07, 6.45) is 0. The third-order valence-electron chi connectivity index (χ3n) is 2.99. The zero-order valence-electron chi connectivity index (χ0n) is 10.4. The largest absolute Gasteiger partial charge is 0.560 e. The van der Waals surface area contributed by atoms with Crippen LogP contribution in [0.4, 0.5) is 0 Å². The average molecular weight is 305 g/mol. The van der Waals surface area contributed by atoms with E-state index in [2.05, 4.69) is 15.9 Å². The van der Waals surface area contributed by atoms with Gasteiger partial charge < -0.3 is 9.68 Å². The molecule has 0 aromatic heterocycles. The molecule has 2 rings (SSSR count). The molecule has 0 aliphatic heterocycles. The highest BCUT2D eigenvalue weighted by molar-refractivity contribution is 9.10. The maximum absolute atomic E-state index is 10.0. The van der Waals surface area contributed by atoms with Gasteiger partial charge in [0.15, 0.2) is 0 Å². The molecule has 4 heteroatoms. The molecule has 2 aromatic rings. The topological polar surface area (TPSA) is 29.5 Å². The van der Waals surface area contributed by atoms with Gasteiger partial charge in [-0.1, -0.05) is 46.3 Å². The van der Waals surface area contributed by atoms with Crippen LogP contribution in [0.1, 0.15) is 11.1 Å². The van der Waals surface area contributed by atoms with Crippen molar-refractivity contribution in [1.29, 1.82) is 0 Å². The molecule has 1 N–H and O–H groups in total. The summed E-state index contributed by atoms with van der Waals surface area (Å²) in [6.45, 7) is 3.99. The van der Waals surface area contributed by atoms with Crippen molar-refractivity contribution in [1.82, 2.24) is 0 Å². The van der Waals surface area contributed by atoms with Crippen LogP contribution < -0.4 is 10.1 Å². The molecule has 0 heterocycles. The van der Waals surface area contributed by atoms with Crippen molar-refractivity contribution in [3.05, 3.63) is 58.1 Å². The van der Waals surface area contributed by atoms with E-state index in [1.807, 2.05) is 56.3 Å². The molecule has 0 bridgehead atoms. The third-order valence-corrected chi connectivity index (χ3v) is 3.85. The number of hydrogen-bond donors (Lipinski definition) is 1. The van der Waals surface area contributed by atoms with E-state index < -0.39 is 7.12 Å². The highest BCUT2D eigenvalue weighted by atomic mass is 79.9. The van der Waals surface area contributed by atoms with E-state index in [-0.39, 0.29) is 0 Å². The molecule has 0 atom stereocenters. The fraction of sp³-hybridized carbons (Fsp3) is 0.143. The Bertz CT molecular complexity index is 543. The first-order valence-corrected chi connectivity index (χ1v) is 6.54. The molecule has 0 unspecified atom stereocenters. The molecule has 0 amide bonds. The maximum atomic E-state index is 10.0. The van der Waals surface area contributed by atoms with E-state index in [1.165, 1.54) is 0 Å². The molecule has 0 spiro atoms. The first-order chi connectivity index (χ1) is 8.59. The second kappa shape index (κ2) is 5.59. The number of halogens is 1. The summed E-state index contributed by atoms with van der Waals surface area (Å²) in [7, 11) is -0.939. The predicted octanol–water partition coefficient (Wildman–Crippen LogP) is 2.83. The fourth-order valence-electron chi connectivity index (χ4n) is 1.70. The van der Waals surface area contributed by atoms with E-state index in [9.17, 15) is 5.02 Å². The van der Waals surface area contributed by atoms with E-state index in [4.69, 9.17) is 4.65 Å². The number of rotatable bonds is 3. The van der Waals surface area contributed by atoms with E-state index >= 15 is 0 Å². The highest BCUT2D eigenvalue weighted by Crippen LogP contribution is 2.27. The van der Waals surface area contributed by atoms with Gasteiger partial charge in [0.1, 0.15) is 5.75 Å². The lowest BCUT2D eigenvalue weighted by Gasteiger charge is -2.14. The molecule has 2 aromatic carbocycles. The first kappa shape index (κ1) is 13.2. The molecule has 0 saturated heterocycles. The Hall–Kier alpha value is -1.26. The number of benzene rings is 2. The van der Waals surface area contributed by atoms with E-state index in [0.29, 0.717) is 5.75 Å². The molecule has 0 fully saturated rings. The zero-order valence-corrected chi connectivity index (χ0v) is 11.9. The summed E-state index contributed by atoms with van der Waals surface area (Å²) in [5.74, 6) is 0.701. The Morgan fingerprint density at radius 3 is 2.33 bits per heavy atom. The smallest absolute Gasteiger partial charge is 0.532 e. The Labute approximate surface area is 116 Å². The molecule has 0 aliphatic carbocycles. The summed E-state index contributed by atoms with van der Waals surface area (Å²) in [4.78, 5) is 0. The van der Waals surface area contributed by atoms with Gasteiger partial charge in [0.05, 0.1) is 0 Å². The lowest BCUT2D eigenvalue weighted by molar-refractivity contribution is 0.430. The van der Waals surface area contributed by atoms with Crippen LogP contribution in [0.3, 0.4) is 0 Å². The van der Waals surface area contributed by atoms with Crippen LogP contribution in [0, 0.1) is 13.8 Å². The lowest BCUT2D eigenvalue weighted by atomic mass is 9.79. The summed E-state index contributed by atoms with van der Waals surface area (Å²) >= 11 is 3.47. The van der Waals surface area contributed by atoms with Gasteiger partial charge in [-0.05, 0) is 42.6 Å². The Balaban J connectivity index is 2.22. The van der Waals surface area contributed by atoms with Gasteiger partial charge in [-0.2, -0.15) is 0 Å².